The van der Waals surface area contributed by atoms with Crippen molar-refractivity contribution >= 4 is 28.1 Å². The van der Waals surface area contributed by atoms with E-state index in [0.29, 0.717) is 22.5 Å². The van der Waals surface area contributed by atoms with Gasteiger partial charge >= 0.3 is 6.18 Å². The molecule has 0 aliphatic rings. The molecule has 0 spiro atoms. The molecule has 0 fully saturated rings. The lowest BCUT2D eigenvalue weighted by atomic mass is 10.2. The van der Waals surface area contributed by atoms with E-state index in [1.807, 2.05) is 5.38 Å². The van der Waals surface area contributed by atoms with Crippen LogP contribution in [0.1, 0.15) is 5.56 Å². The zero-order valence-electron chi connectivity index (χ0n) is 10.4. The predicted octanol–water partition coefficient (Wildman–Crippen LogP) is 3.90. The van der Waals surface area contributed by atoms with Gasteiger partial charge < -0.3 is 10.3 Å². The third kappa shape index (κ3) is 1.94. The van der Waals surface area contributed by atoms with E-state index in [1.165, 1.54) is 17.4 Å². The van der Waals surface area contributed by atoms with Gasteiger partial charge in [-0.1, -0.05) is 0 Å². The van der Waals surface area contributed by atoms with Crippen molar-refractivity contribution in [2.75, 3.05) is 5.73 Å². The number of benzene rings is 1. The molecule has 104 valence electrons. The topological polar surface area (TPSA) is 43.8 Å². The molecule has 0 saturated carbocycles. The number of hydrogen-bond acceptors (Lipinski definition) is 3. The van der Waals surface area contributed by atoms with Crippen molar-refractivity contribution in [2.45, 2.75) is 6.18 Å². The van der Waals surface area contributed by atoms with Crippen LogP contribution in [0.5, 0.6) is 0 Å². The first kappa shape index (κ1) is 13.0. The molecule has 0 aliphatic carbocycles. The maximum atomic E-state index is 12.7. The van der Waals surface area contributed by atoms with Gasteiger partial charge in [-0.3, -0.25) is 0 Å². The molecule has 2 aromatic heterocycles. The number of hydrogen-bond donors (Lipinski definition) is 1. The lowest BCUT2D eigenvalue weighted by molar-refractivity contribution is -0.137. The second kappa shape index (κ2) is 4.24. The number of nitrogens with zero attached hydrogens (tertiary/aromatic N) is 2. The van der Waals surface area contributed by atoms with Crippen molar-refractivity contribution in [1.29, 1.82) is 0 Å². The molecule has 0 bridgehead atoms. The first-order valence-corrected chi connectivity index (χ1v) is 6.63. The Bertz CT molecular complexity index is 786. The maximum Gasteiger partial charge on any atom is 0.416 e. The number of halogens is 3. The van der Waals surface area contributed by atoms with Crippen molar-refractivity contribution in [3.63, 3.8) is 0 Å². The summed E-state index contributed by atoms with van der Waals surface area (Å²) >= 11 is 1.41. The number of imidazole rings is 1. The van der Waals surface area contributed by atoms with Gasteiger partial charge in [0.15, 0.2) is 5.82 Å². The standard InChI is InChI=1S/C13H10F3N3S/c1-19-10-3-2-7(13(14,15)16)6-9(10)18-12(19)11-8(17)4-5-20-11/h2-6H,17H2,1H3. The summed E-state index contributed by atoms with van der Waals surface area (Å²) in [6.45, 7) is 0. The van der Waals surface area contributed by atoms with E-state index in [9.17, 15) is 13.2 Å². The number of nitrogens with two attached hydrogens (primary N) is 1. The lowest BCUT2D eigenvalue weighted by Crippen LogP contribution is -2.04. The molecule has 0 amide bonds. The maximum absolute atomic E-state index is 12.7. The third-order valence-electron chi connectivity index (χ3n) is 3.11. The number of rotatable bonds is 1. The SMILES string of the molecule is Cn1c(-c2sccc2N)nc2cc(C(F)(F)F)ccc21. The molecule has 0 radical (unpaired) electrons. The highest BCUT2D eigenvalue weighted by Crippen LogP contribution is 2.35. The molecule has 3 rings (SSSR count). The molecule has 0 aliphatic heterocycles. The average Bonchev–Trinajstić information content (AvgIpc) is 2.92. The van der Waals surface area contributed by atoms with Gasteiger partial charge in [0.25, 0.3) is 0 Å². The Balaban J connectivity index is 2.22. The van der Waals surface area contributed by atoms with Crippen LogP contribution < -0.4 is 5.73 Å². The molecule has 0 atom stereocenters. The molecule has 2 N–H and O–H groups in total. The molecular formula is C13H10F3N3S. The first-order valence-electron chi connectivity index (χ1n) is 5.75. The molecule has 2 heterocycles. The summed E-state index contributed by atoms with van der Waals surface area (Å²) in [5.41, 5.74) is 6.66. The van der Waals surface area contributed by atoms with E-state index in [1.54, 1.807) is 17.7 Å². The van der Waals surface area contributed by atoms with Crippen LogP contribution in [0.4, 0.5) is 18.9 Å². The van der Waals surface area contributed by atoms with Gasteiger partial charge in [-0.05, 0) is 29.6 Å². The van der Waals surface area contributed by atoms with Crippen LogP contribution in [0.2, 0.25) is 0 Å². The Morgan fingerprint density at radius 2 is 2.00 bits per heavy atom. The largest absolute Gasteiger partial charge is 0.416 e. The molecule has 3 nitrogen and oxygen atoms in total. The molecule has 0 unspecified atom stereocenters. The Morgan fingerprint density at radius 3 is 2.60 bits per heavy atom. The van der Waals surface area contributed by atoms with E-state index in [0.717, 1.165) is 17.0 Å². The van der Waals surface area contributed by atoms with Crippen LogP contribution in [0, 0.1) is 0 Å². The zero-order chi connectivity index (χ0) is 14.5. The van der Waals surface area contributed by atoms with Crippen LogP contribution in [0.3, 0.4) is 0 Å². The minimum atomic E-state index is -4.37. The summed E-state index contributed by atoms with van der Waals surface area (Å²) in [6, 6.07) is 5.30. The van der Waals surface area contributed by atoms with E-state index >= 15 is 0 Å². The number of fused-ring (bicyclic) bond motifs is 1. The number of aromatic nitrogens is 2. The van der Waals surface area contributed by atoms with Crippen LogP contribution in [-0.2, 0) is 13.2 Å². The minimum Gasteiger partial charge on any atom is -0.397 e. The Kier molecular flexibility index (Phi) is 2.75. The fourth-order valence-electron chi connectivity index (χ4n) is 2.08. The van der Waals surface area contributed by atoms with E-state index in [2.05, 4.69) is 4.98 Å². The molecular weight excluding hydrogens is 287 g/mol. The monoisotopic (exact) mass is 297 g/mol. The van der Waals surface area contributed by atoms with Crippen molar-refractivity contribution < 1.29 is 13.2 Å². The van der Waals surface area contributed by atoms with Crippen LogP contribution >= 0.6 is 11.3 Å². The van der Waals surface area contributed by atoms with Crippen molar-refractivity contribution in [3.05, 3.63) is 35.2 Å². The first-order chi connectivity index (χ1) is 9.38. The van der Waals surface area contributed by atoms with Crippen molar-refractivity contribution in [2.24, 2.45) is 7.05 Å². The predicted molar refractivity (Wildman–Crippen MR) is 73.4 cm³/mol. The van der Waals surface area contributed by atoms with Crippen molar-refractivity contribution in [3.8, 4) is 10.7 Å². The Labute approximate surface area is 116 Å². The van der Waals surface area contributed by atoms with Gasteiger partial charge in [-0.2, -0.15) is 13.2 Å². The number of aryl methyl sites for hydroxylation is 1. The highest BCUT2D eigenvalue weighted by atomic mass is 32.1. The average molecular weight is 297 g/mol. The number of nitrogen functional groups attached to an aromatic ring is 1. The van der Waals surface area contributed by atoms with Gasteiger partial charge in [0.05, 0.1) is 27.2 Å². The summed E-state index contributed by atoms with van der Waals surface area (Å²) < 4.78 is 39.9. The second-order valence-corrected chi connectivity index (χ2v) is 5.32. The summed E-state index contributed by atoms with van der Waals surface area (Å²) in [7, 11) is 1.76. The van der Waals surface area contributed by atoms with Gasteiger partial charge in [0, 0.05) is 7.05 Å². The van der Waals surface area contributed by atoms with E-state index in [4.69, 9.17) is 5.73 Å². The lowest BCUT2D eigenvalue weighted by Gasteiger charge is -2.05. The summed E-state index contributed by atoms with van der Waals surface area (Å²) in [4.78, 5) is 5.04. The highest BCUT2D eigenvalue weighted by molar-refractivity contribution is 7.14. The normalized spacial score (nSPS) is 12.2. The van der Waals surface area contributed by atoms with E-state index in [-0.39, 0.29) is 0 Å². The summed E-state index contributed by atoms with van der Waals surface area (Å²) in [5, 5.41) is 1.82. The fraction of sp³-hybridized carbons (Fsp3) is 0.154. The molecule has 0 saturated heterocycles. The minimum absolute atomic E-state index is 0.310. The summed E-state index contributed by atoms with van der Waals surface area (Å²) in [6.07, 6.45) is -4.37. The smallest absolute Gasteiger partial charge is 0.397 e. The Morgan fingerprint density at radius 1 is 1.25 bits per heavy atom. The van der Waals surface area contributed by atoms with Gasteiger partial charge in [0.2, 0.25) is 0 Å². The number of anilines is 1. The van der Waals surface area contributed by atoms with Crippen molar-refractivity contribution in [1.82, 2.24) is 9.55 Å². The number of alkyl halides is 3. The third-order valence-corrected chi connectivity index (χ3v) is 4.03. The van der Waals surface area contributed by atoms with Gasteiger partial charge in [-0.25, -0.2) is 4.98 Å². The molecule has 1 aromatic carbocycles. The fourth-order valence-corrected chi connectivity index (χ4v) is 2.92. The zero-order valence-corrected chi connectivity index (χ0v) is 11.2. The van der Waals surface area contributed by atoms with Gasteiger partial charge in [0.1, 0.15) is 0 Å². The Hall–Kier alpha value is -2.02. The van der Waals surface area contributed by atoms with E-state index < -0.39 is 11.7 Å². The molecule has 7 heteroatoms. The van der Waals surface area contributed by atoms with Crippen LogP contribution in [0.25, 0.3) is 21.7 Å². The summed E-state index contributed by atoms with van der Waals surface area (Å²) in [5.74, 6) is 0.576. The molecule has 3 aromatic rings. The van der Waals surface area contributed by atoms with Gasteiger partial charge in [-0.15, -0.1) is 11.3 Å². The molecule has 20 heavy (non-hydrogen) atoms. The second-order valence-electron chi connectivity index (χ2n) is 4.40. The van der Waals surface area contributed by atoms with Crippen LogP contribution in [-0.4, -0.2) is 9.55 Å². The van der Waals surface area contributed by atoms with Crippen LogP contribution in [0.15, 0.2) is 29.6 Å². The number of thiophene rings is 1. The highest BCUT2D eigenvalue weighted by Gasteiger charge is 2.31. The quantitative estimate of drug-likeness (QED) is 0.740.